The number of benzene rings is 2. The van der Waals surface area contributed by atoms with Gasteiger partial charge in [-0.2, -0.15) is 4.98 Å². The van der Waals surface area contributed by atoms with Crippen molar-refractivity contribution in [2.45, 2.75) is 11.3 Å². The number of aromatic nitrogens is 2. The predicted octanol–water partition coefficient (Wildman–Crippen LogP) is 2.91. The summed E-state index contributed by atoms with van der Waals surface area (Å²) < 4.78 is 32.0. The van der Waals surface area contributed by atoms with E-state index in [1.807, 2.05) is 30.3 Å². The van der Waals surface area contributed by atoms with Gasteiger partial charge in [-0.15, -0.1) is 0 Å². The molecule has 1 N–H and O–H groups in total. The Hall–Kier alpha value is -2.22. The van der Waals surface area contributed by atoms with Crippen molar-refractivity contribution in [3.63, 3.8) is 0 Å². The number of hydrogen-bond donors (Lipinski definition) is 1. The highest BCUT2D eigenvalue weighted by molar-refractivity contribution is 7.89. The van der Waals surface area contributed by atoms with E-state index in [4.69, 9.17) is 16.1 Å². The van der Waals surface area contributed by atoms with Crippen LogP contribution < -0.4 is 4.72 Å². The SMILES string of the molecule is O=S(=O)(NCCc1noc(-c2ccccc2)n1)c1ccc(Cl)cc1. The number of rotatable bonds is 6. The van der Waals surface area contributed by atoms with Gasteiger partial charge in [-0.25, -0.2) is 13.1 Å². The molecule has 0 fully saturated rings. The minimum Gasteiger partial charge on any atom is -0.334 e. The summed E-state index contributed by atoms with van der Waals surface area (Å²) in [6.07, 6.45) is 0.323. The fraction of sp³-hybridized carbons (Fsp3) is 0.125. The van der Waals surface area contributed by atoms with Crippen molar-refractivity contribution in [1.82, 2.24) is 14.9 Å². The van der Waals surface area contributed by atoms with Crippen LogP contribution >= 0.6 is 11.6 Å². The maximum absolute atomic E-state index is 12.1. The summed E-state index contributed by atoms with van der Waals surface area (Å²) in [5, 5.41) is 4.34. The lowest BCUT2D eigenvalue weighted by atomic mass is 10.2. The summed E-state index contributed by atoms with van der Waals surface area (Å²) in [5.74, 6) is 0.846. The second-order valence-corrected chi connectivity index (χ2v) is 7.19. The van der Waals surface area contributed by atoms with E-state index >= 15 is 0 Å². The number of hydrogen-bond acceptors (Lipinski definition) is 5. The quantitative estimate of drug-likeness (QED) is 0.727. The molecule has 2 aromatic carbocycles. The predicted molar refractivity (Wildman–Crippen MR) is 90.1 cm³/mol. The Balaban J connectivity index is 1.60. The lowest BCUT2D eigenvalue weighted by Gasteiger charge is -2.05. The van der Waals surface area contributed by atoms with Crippen molar-refractivity contribution in [3.05, 3.63) is 65.4 Å². The summed E-state index contributed by atoms with van der Waals surface area (Å²) in [5.41, 5.74) is 0.818. The van der Waals surface area contributed by atoms with Crippen molar-refractivity contribution in [2.75, 3.05) is 6.54 Å². The van der Waals surface area contributed by atoms with Gasteiger partial charge in [0.05, 0.1) is 4.90 Å². The molecule has 0 spiro atoms. The van der Waals surface area contributed by atoms with E-state index in [9.17, 15) is 8.42 Å². The Morgan fingerprint density at radius 2 is 1.75 bits per heavy atom. The molecular weight excluding hydrogens is 350 g/mol. The number of sulfonamides is 1. The van der Waals surface area contributed by atoms with E-state index in [0.29, 0.717) is 23.2 Å². The average molecular weight is 364 g/mol. The molecule has 0 saturated carbocycles. The monoisotopic (exact) mass is 363 g/mol. The van der Waals surface area contributed by atoms with Crippen LogP contribution in [0.4, 0.5) is 0 Å². The van der Waals surface area contributed by atoms with E-state index in [1.165, 1.54) is 24.3 Å². The molecule has 1 heterocycles. The van der Waals surface area contributed by atoms with E-state index in [2.05, 4.69) is 14.9 Å². The molecule has 0 atom stereocenters. The van der Waals surface area contributed by atoms with Gasteiger partial charge in [-0.1, -0.05) is 35.0 Å². The molecule has 0 aliphatic carbocycles. The highest BCUT2D eigenvalue weighted by Crippen LogP contribution is 2.16. The molecule has 0 amide bonds. The van der Waals surface area contributed by atoms with Crippen LogP contribution in [0, 0.1) is 0 Å². The van der Waals surface area contributed by atoms with Gasteiger partial charge >= 0.3 is 0 Å². The molecule has 24 heavy (non-hydrogen) atoms. The average Bonchev–Trinajstić information content (AvgIpc) is 3.05. The van der Waals surface area contributed by atoms with Gasteiger partial charge < -0.3 is 4.52 Å². The molecule has 3 aromatic rings. The van der Waals surface area contributed by atoms with Crippen LogP contribution in [0.2, 0.25) is 5.02 Å². The number of halogens is 1. The first-order chi connectivity index (χ1) is 11.5. The third-order valence-corrected chi connectivity index (χ3v) is 4.98. The lowest BCUT2D eigenvalue weighted by Crippen LogP contribution is -2.26. The first kappa shape index (κ1) is 16.6. The molecule has 8 heteroatoms. The minimum atomic E-state index is -3.59. The zero-order valence-corrected chi connectivity index (χ0v) is 14.1. The van der Waals surface area contributed by atoms with Gasteiger partial charge in [0.2, 0.25) is 10.0 Å². The van der Waals surface area contributed by atoms with Crippen LogP contribution in [0.5, 0.6) is 0 Å². The van der Waals surface area contributed by atoms with Crippen molar-refractivity contribution >= 4 is 21.6 Å². The molecule has 3 rings (SSSR count). The van der Waals surface area contributed by atoms with Gasteiger partial charge in [-0.05, 0) is 36.4 Å². The maximum atomic E-state index is 12.1. The second kappa shape index (κ2) is 7.12. The zero-order chi connectivity index (χ0) is 17.0. The molecule has 6 nitrogen and oxygen atoms in total. The molecule has 0 aliphatic heterocycles. The molecular formula is C16H14ClN3O3S. The van der Waals surface area contributed by atoms with Crippen LogP contribution in [-0.4, -0.2) is 25.1 Å². The third kappa shape index (κ3) is 4.00. The number of nitrogens with one attached hydrogen (secondary N) is 1. The van der Waals surface area contributed by atoms with Crippen LogP contribution in [0.1, 0.15) is 5.82 Å². The molecule has 124 valence electrons. The van der Waals surface area contributed by atoms with Gasteiger partial charge in [0.25, 0.3) is 5.89 Å². The van der Waals surface area contributed by atoms with Crippen molar-refractivity contribution < 1.29 is 12.9 Å². The summed E-state index contributed by atoms with van der Waals surface area (Å²) in [7, 11) is -3.59. The first-order valence-electron chi connectivity index (χ1n) is 7.18. The smallest absolute Gasteiger partial charge is 0.257 e. The summed E-state index contributed by atoms with van der Waals surface area (Å²) in [4.78, 5) is 4.41. The minimum absolute atomic E-state index is 0.157. The summed E-state index contributed by atoms with van der Waals surface area (Å²) >= 11 is 5.76. The highest BCUT2D eigenvalue weighted by Gasteiger charge is 2.14. The first-order valence-corrected chi connectivity index (χ1v) is 9.04. The Labute approximate surface area is 144 Å². The topological polar surface area (TPSA) is 85.1 Å². The van der Waals surface area contributed by atoms with Crippen molar-refractivity contribution in [3.8, 4) is 11.5 Å². The highest BCUT2D eigenvalue weighted by atomic mass is 35.5. The van der Waals surface area contributed by atoms with Crippen LogP contribution in [0.15, 0.2) is 64.0 Å². The summed E-state index contributed by atoms with van der Waals surface area (Å²) in [6.45, 7) is 0.165. The van der Waals surface area contributed by atoms with Gasteiger partial charge in [-0.3, -0.25) is 0 Å². The van der Waals surface area contributed by atoms with Crippen LogP contribution in [0.25, 0.3) is 11.5 Å². The van der Waals surface area contributed by atoms with Crippen LogP contribution in [-0.2, 0) is 16.4 Å². The second-order valence-electron chi connectivity index (χ2n) is 4.98. The fourth-order valence-electron chi connectivity index (χ4n) is 2.05. The molecule has 0 bridgehead atoms. The number of nitrogens with zero attached hydrogens (tertiary/aromatic N) is 2. The molecule has 0 saturated heterocycles. The van der Waals surface area contributed by atoms with Crippen LogP contribution in [0.3, 0.4) is 0 Å². The van der Waals surface area contributed by atoms with E-state index in [-0.39, 0.29) is 11.4 Å². The van der Waals surface area contributed by atoms with Crippen molar-refractivity contribution in [1.29, 1.82) is 0 Å². The van der Waals surface area contributed by atoms with Gasteiger partial charge in [0.1, 0.15) is 0 Å². The standard InChI is InChI=1S/C16H14ClN3O3S/c17-13-6-8-14(9-7-13)24(21,22)18-11-10-15-19-16(23-20-15)12-4-2-1-3-5-12/h1-9,18H,10-11H2. The zero-order valence-electron chi connectivity index (χ0n) is 12.5. The van der Waals surface area contributed by atoms with Crippen molar-refractivity contribution in [2.24, 2.45) is 0 Å². The maximum Gasteiger partial charge on any atom is 0.257 e. The summed E-state index contributed by atoms with van der Waals surface area (Å²) in [6, 6.07) is 15.3. The van der Waals surface area contributed by atoms with E-state index in [0.717, 1.165) is 5.56 Å². The largest absolute Gasteiger partial charge is 0.334 e. The Morgan fingerprint density at radius 3 is 2.46 bits per heavy atom. The Morgan fingerprint density at radius 1 is 1.04 bits per heavy atom. The molecule has 1 aromatic heterocycles. The van der Waals surface area contributed by atoms with Gasteiger partial charge in [0, 0.05) is 23.6 Å². The Bertz CT molecular complexity index is 909. The fourth-order valence-corrected chi connectivity index (χ4v) is 3.21. The van der Waals surface area contributed by atoms with E-state index < -0.39 is 10.0 Å². The third-order valence-electron chi connectivity index (χ3n) is 3.25. The molecule has 0 aliphatic rings. The molecule has 0 unspecified atom stereocenters. The Kier molecular flexibility index (Phi) is 4.94. The van der Waals surface area contributed by atoms with Gasteiger partial charge in [0.15, 0.2) is 5.82 Å². The normalized spacial score (nSPS) is 11.5. The molecule has 0 radical (unpaired) electrons. The lowest BCUT2D eigenvalue weighted by molar-refractivity contribution is 0.422. The van der Waals surface area contributed by atoms with E-state index in [1.54, 1.807) is 0 Å².